The lowest BCUT2D eigenvalue weighted by molar-refractivity contribution is -0.186. The van der Waals surface area contributed by atoms with Gasteiger partial charge in [-0.3, -0.25) is 4.79 Å². The van der Waals surface area contributed by atoms with Gasteiger partial charge >= 0.3 is 12.1 Å². The van der Waals surface area contributed by atoms with Crippen molar-refractivity contribution in [2.45, 2.75) is 31.6 Å². The van der Waals surface area contributed by atoms with E-state index in [0.29, 0.717) is 18.4 Å². The average molecular weight is 310 g/mol. The number of aromatic nitrogens is 3. The van der Waals surface area contributed by atoms with Crippen molar-refractivity contribution >= 4 is 5.91 Å². The minimum Gasteiger partial charge on any atom is -0.328 e. The summed E-state index contributed by atoms with van der Waals surface area (Å²) in [4.78, 5) is 16.2. The van der Waals surface area contributed by atoms with Gasteiger partial charge in [-0.25, -0.2) is 9.67 Å². The molecule has 1 aromatic heterocycles. The summed E-state index contributed by atoms with van der Waals surface area (Å²) in [7, 11) is 0. The van der Waals surface area contributed by atoms with Gasteiger partial charge in [0.25, 0.3) is 0 Å². The van der Waals surface area contributed by atoms with Crippen LogP contribution < -0.4 is 0 Å². The lowest BCUT2D eigenvalue weighted by Crippen LogP contribution is -2.42. The Morgan fingerprint density at radius 1 is 1.27 bits per heavy atom. The van der Waals surface area contributed by atoms with Gasteiger partial charge in [-0.1, -0.05) is 12.1 Å². The zero-order valence-electron chi connectivity index (χ0n) is 11.5. The van der Waals surface area contributed by atoms with Crippen LogP contribution in [-0.4, -0.2) is 37.8 Å². The predicted octanol–water partition coefficient (Wildman–Crippen LogP) is 2.32. The predicted molar refractivity (Wildman–Crippen MR) is 71.0 cm³/mol. The lowest BCUT2D eigenvalue weighted by atomic mass is 10.2. The summed E-state index contributed by atoms with van der Waals surface area (Å²) in [6.07, 6.45) is -0.662. The highest BCUT2D eigenvalue weighted by Crippen LogP contribution is 2.32. The first kappa shape index (κ1) is 14.6. The molecule has 0 saturated heterocycles. The van der Waals surface area contributed by atoms with Crippen molar-refractivity contribution in [1.82, 2.24) is 19.7 Å². The monoisotopic (exact) mass is 310 g/mol. The number of amides is 1. The molecule has 0 bridgehead atoms. The molecular weight excluding hydrogens is 297 g/mol. The van der Waals surface area contributed by atoms with E-state index in [1.165, 1.54) is 12.7 Å². The molecule has 1 aliphatic carbocycles. The Morgan fingerprint density at radius 2 is 1.95 bits per heavy atom. The molecule has 1 saturated carbocycles. The van der Waals surface area contributed by atoms with Gasteiger partial charge in [0.1, 0.15) is 12.7 Å². The maximum absolute atomic E-state index is 12.6. The van der Waals surface area contributed by atoms with Gasteiger partial charge in [-0.15, -0.1) is 0 Å². The lowest BCUT2D eigenvalue weighted by Gasteiger charge is -2.23. The first-order chi connectivity index (χ1) is 10.4. The normalized spacial score (nSPS) is 14.9. The third kappa shape index (κ3) is 3.10. The number of alkyl halides is 3. The van der Waals surface area contributed by atoms with Gasteiger partial charge in [0.2, 0.25) is 0 Å². The molecular formula is C14H13F3N4O. The minimum atomic E-state index is -4.83. The number of hydrogen-bond donors (Lipinski definition) is 0. The van der Waals surface area contributed by atoms with Crippen LogP contribution in [0.1, 0.15) is 18.4 Å². The molecule has 1 aliphatic rings. The minimum absolute atomic E-state index is 0.0410. The zero-order valence-corrected chi connectivity index (χ0v) is 11.5. The Balaban J connectivity index is 1.75. The number of halogens is 3. The summed E-state index contributed by atoms with van der Waals surface area (Å²) >= 11 is 0. The van der Waals surface area contributed by atoms with Crippen LogP contribution in [0.4, 0.5) is 13.2 Å². The second-order valence-corrected chi connectivity index (χ2v) is 5.17. The molecule has 0 spiro atoms. The third-order valence-corrected chi connectivity index (χ3v) is 3.46. The van der Waals surface area contributed by atoms with Gasteiger partial charge < -0.3 is 4.90 Å². The van der Waals surface area contributed by atoms with Crippen molar-refractivity contribution in [2.24, 2.45) is 0 Å². The van der Waals surface area contributed by atoms with Crippen LogP contribution in [0.2, 0.25) is 0 Å². The van der Waals surface area contributed by atoms with Crippen molar-refractivity contribution in [3.63, 3.8) is 0 Å². The molecule has 22 heavy (non-hydrogen) atoms. The Bertz CT molecular complexity index is 648. The molecule has 1 aromatic carbocycles. The van der Waals surface area contributed by atoms with E-state index in [2.05, 4.69) is 10.1 Å². The fraction of sp³-hybridized carbons (Fsp3) is 0.357. The van der Waals surface area contributed by atoms with Crippen LogP contribution in [-0.2, 0) is 11.3 Å². The van der Waals surface area contributed by atoms with Crippen LogP contribution in [0, 0.1) is 0 Å². The molecule has 0 atom stereocenters. The number of nitrogens with zero attached hydrogens (tertiary/aromatic N) is 4. The van der Waals surface area contributed by atoms with E-state index < -0.39 is 12.1 Å². The molecule has 3 rings (SSSR count). The summed E-state index contributed by atoms with van der Waals surface area (Å²) in [5, 5.41) is 3.97. The van der Waals surface area contributed by atoms with Crippen molar-refractivity contribution in [3.05, 3.63) is 42.5 Å². The van der Waals surface area contributed by atoms with Gasteiger partial charge in [0, 0.05) is 12.6 Å². The SMILES string of the molecule is O=C(N(Cc1ccc(-n2cncn2)cc1)C1CC1)C(F)(F)F. The first-order valence-electron chi connectivity index (χ1n) is 6.77. The Hall–Kier alpha value is -2.38. The Kier molecular flexibility index (Phi) is 3.59. The standard InChI is InChI=1S/C14H13F3N4O/c15-14(16,17)13(22)20(11-5-6-11)7-10-1-3-12(4-2-10)21-9-18-8-19-21/h1-4,8-9,11H,5-7H2. The van der Waals surface area contributed by atoms with Crippen molar-refractivity contribution in [2.75, 3.05) is 0 Å². The molecule has 0 unspecified atom stereocenters. The van der Waals surface area contributed by atoms with Gasteiger partial charge in [-0.05, 0) is 30.5 Å². The summed E-state index contributed by atoms with van der Waals surface area (Å²) < 4.78 is 39.4. The van der Waals surface area contributed by atoms with E-state index in [0.717, 1.165) is 10.6 Å². The maximum atomic E-state index is 12.6. The summed E-state index contributed by atoms with van der Waals surface area (Å²) in [5.74, 6) is -1.77. The van der Waals surface area contributed by atoms with E-state index in [9.17, 15) is 18.0 Å². The smallest absolute Gasteiger partial charge is 0.328 e. The van der Waals surface area contributed by atoms with Gasteiger partial charge in [0.05, 0.1) is 5.69 Å². The molecule has 116 valence electrons. The average Bonchev–Trinajstić information content (AvgIpc) is 3.17. The fourth-order valence-corrected chi connectivity index (χ4v) is 2.21. The molecule has 2 aromatic rings. The van der Waals surface area contributed by atoms with Crippen LogP contribution in [0.5, 0.6) is 0 Å². The molecule has 0 N–H and O–H groups in total. The first-order valence-corrected chi connectivity index (χ1v) is 6.77. The van der Waals surface area contributed by atoms with E-state index >= 15 is 0 Å². The highest BCUT2D eigenvalue weighted by molar-refractivity contribution is 5.82. The maximum Gasteiger partial charge on any atom is 0.471 e. The number of benzene rings is 1. The van der Waals surface area contributed by atoms with E-state index in [4.69, 9.17) is 0 Å². The van der Waals surface area contributed by atoms with Crippen molar-refractivity contribution in [1.29, 1.82) is 0 Å². The van der Waals surface area contributed by atoms with Crippen molar-refractivity contribution < 1.29 is 18.0 Å². The topological polar surface area (TPSA) is 51.0 Å². The van der Waals surface area contributed by atoms with Crippen LogP contribution in [0.15, 0.2) is 36.9 Å². The van der Waals surface area contributed by atoms with E-state index in [1.807, 2.05) is 0 Å². The van der Waals surface area contributed by atoms with Crippen LogP contribution in [0.25, 0.3) is 5.69 Å². The second kappa shape index (κ2) is 5.43. The summed E-state index contributed by atoms with van der Waals surface area (Å²) in [6, 6.07) is 6.54. The number of rotatable bonds is 4. The summed E-state index contributed by atoms with van der Waals surface area (Å²) in [5.41, 5.74) is 1.40. The molecule has 1 amide bonds. The molecule has 1 fully saturated rings. The zero-order chi connectivity index (χ0) is 15.7. The molecule has 8 heteroatoms. The number of carbonyl (C=O) groups is 1. The number of carbonyl (C=O) groups excluding carboxylic acids is 1. The molecule has 1 heterocycles. The quantitative estimate of drug-likeness (QED) is 0.871. The Labute approximate surface area is 124 Å². The molecule has 0 radical (unpaired) electrons. The Morgan fingerprint density at radius 3 is 2.45 bits per heavy atom. The van der Waals surface area contributed by atoms with Crippen molar-refractivity contribution in [3.8, 4) is 5.69 Å². The van der Waals surface area contributed by atoms with Crippen LogP contribution in [0.3, 0.4) is 0 Å². The fourth-order valence-electron chi connectivity index (χ4n) is 2.21. The number of hydrogen-bond acceptors (Lipinski definition) is 3. The van der Waals surface area contributed by atoms with E-state index in [1.54, 1.807) is 28.9 Å². The molecule has 0 aliphatic heterocycles. The highest BCUT2D eigenvalue weighted by atomic mass is 19.4. The third-order valence-electron chi connectivity index (χ3n) is 3.46. The molecule has 5 nitrogen and oxygen atoms in total. The largest absolute Gasteiger partial charge is 0.471 e. The van der Waals surface area contributed by atoms with E-state index in [-0.39, 0.29) is 12.6 Å². The van der Waals surface area contributed by atoms with Crippen LogP contribution >= 0.6 is 0 Å². The second-order valence-electron chi connectivity index (χ2n) is 5.17. The van der Waals surface area contributed by atoms with Gasteiger partial charge in [0.15, 0.2) is 0 Å². The summed E-state index contributed by atoms with van der Waals surface area (Å²) in [6.45, 7) is -0.0410. The highest BCUT2D eigenvalue weighted by Gasteiger charge is 2.46. The van der Waals surface area contributed by atoms with Gasteiger partial charge in [-0.2, -0.15) is 18.3 Å².